The van der Waals surface area contributed by atoms with Gasteiger partial charge in [0.2, 0.25) is 0 Å². The fraction of sp³-hybridized carbons (Fsp3) is 0.278. The third-order valence-electron chi connectivity index (χ3n) is 4.64. The van der Waals surface area contributed by atoms with Gasteiger partial charge in [0.1, 0.15) is 11.4 Å². The van der Waals surface area contributed by atoms with E-state index < -0.39 is 5.54 Å². The maximum absolute atomic E-state index is 13.4. The molecule has 0 bridgehead atoms. The first kappa shape index (κ1) is 19.5. The molecule has 0 saturated carbocycles. The molecule has 142 valence electrons. The van der Waals surface area contributed by atoms with Crippen LogP contribution in [0, 0.1) is 5.82 Å². The molecule has 2 N–H and O–H groups in total. The third kappa shape index (κ3) is 3.87. The zero-order valence-corrected chi connectivity index (χ0v) is 16.0. The highest BCUT2D eigenvalue weighted by Crippen LogP contribution is 2.31. The van der Waals surface area contributed by atoms with Gasteiger partial charge in [0.15, 0.2) is 5.13 Å². The van der Waals surface area contributed by atoms with E-state index in [4.69, 9.17) is 0 Å². The van der Waals surface area contributed by atoms with Crippen molar-refractivity contribution in [3.8, 4) is 11.3 Å². The number of nitrogens with zero attached hydrogens (tertiary/aromatic N) is 3. The van der Waals surface area contributed by atoms with Crippen molar-refractivity contribution in [2.45, 2.75) is 18.4 Å². The number of halogens is 2. The van der Waals surface area contributed by atoms with Gasteiger partial charge in [-0.2, -0.15) is 5.10 Å². The van der Waals surface area contributed by atoms with Crippen molar-refractivity contribution in [2.24, 2.45) is 0 Å². The maximum Gasteiger partial charge on any atom is 0.254 e. The summed E-state index contributed by atoms with van der Waals surface area (Å²) in [5.41, 5.74) is 0.605. The van der Waals surface area contributed by atoms with Crippen LogP contribution in [0.25, 0.3) is 11.3 Å². The van der Waals surface area contributed by atoms with Crippen molar-refractivity contribution in [2.75, 3.05) is 18.4 Å². The number of carbonyl (C=O) groups is 1. The Morgan fingerprint density at radius 2 is 2.11 bits per heavy atom. The van der Waals surface area contributed by atoms with E-state index >= 15 is 0 Å². The highest BCUT2D eigenvalue weighted by atomic mass is 35.5. The second-order valence-electron chi connectivity index (χ2n) is 6.23. The van der Waals surface area contributed by atoms with E-state index in [1.165, 1.54) is 23.5 Å². The lowest BCUT2D eigenvalue weighted by Gasteiger charge is -2.36. The summed E-state index contributed by atoms with van der Waals surface area (Å²) in [5.74, 6) is -0.434. The van der Waals surface area contributed by atoms with Gasteiger partial charge in [0.25, 0.3) is 5.91 Å². The number of amides is 1. The molecular formula is C18H19ClFN5OS. The Hall–Kier alpha value is -2.29. The molecule has 0 atom stereocenters. The number of benzene rings is 1. The largest absolute Gasteiger partial charge is 0.317 e. The Morgan fingerprint density at radius 3 is 2.81 bits per heavy atom. The number of hydrogen-bond acceptors (Lipinski definition) is 5. The van der Waals surface area contributed by atoms with Crippen molar-refractivity contribution < 1.29 is 9.18 Å². The van der Waals surface area contributed by atoms with E-state index in [0.717, 1.165) is 13.1 Å². The molecule has 0 aliphatic carbocycles. The maximum atomic E-state index is 13.4. The van der Waals surface area contributed by atoms with Crippen LogP contribution in [0.1, 0.15) is 12.8 Å². The number of rotatable bonds is 4. The van der Waals surface area contributed by atoms with Gasteiger partial charge in [-0.1, -0.05) is 12.1 Å². The van der Waals surface area contributed by atoms with Crippen molar-refractivity contribution in [1.82, 2.24) is 20.1 Å². The lowest BCUT2D eigenvalue weighted by molar-refractivity contribution is -0.126. The van der Waals surface area contributed by atoms with Gasteiger partial charge < -0.3 is 5.32 Å². The normalized spacial score (nSPS) is 15.7. The molecule has 6 nitrogen and oxygen atoms in total. The summed E-state index contributed by atoms with van der Waals surface area (Å²) in [6, 6.07) is 8.08. The van der Waals surface area contributed by atoms with Gasteiger partial charge in [-0.25, -0.2) is 9.37 Å². The standard InChI is InChI=1S/C18H18FN5OS.ClH/c19-14-4-1-3-13(11-14)15-12-26-17(22-15)23-16(25)18(5-8-20-9-6-18)24-10-2-7-21-24;/h1-4,7,10-12,20H,5-6,8-9H2,(H,22,23,25);1H. The van der Waals surface area contributed by atoms with Gasteiger partial charge in [0.05, 0.1) is 5.69 Å². The van der Waals surface area contributed by atoms with Gasteiger partial charge in [-0.3, -0.25) is 14.8 Å². The Morgan fingerprint density at radius 1 is 1.30 bits per heavy atom. The number of aromatic nitrogens is 3. The zero-order chi connectivity index (χ0) is 18.0. The smallest absolute Gasteiger partial charge is 0.254 e. The van der Waals surface area contributed by atoms with Crippen molar-refractivity contribution in [3.63, 3.8) is 0 Å². The Bertz CT molecular complexity index is 908. The predicted molar refractivity (Wildman–Crippen MR) is 106 cm³/mol. The number of piperidine rings is 1. The molecule has 0 unspecified atom stereocenters. The third-order valence-corrected chi connectivity index (χ3v) is 5.40. The summed E-state index contributed by atoms with van der Waals surface area (Å²) in [4.78, 5) is 17.5. The minimum atomic E-state index is -0.723. The van der Waals surface area contributed by atoms with Crippen LogP contribution in [0.4, 0.5) is 9.52 Å². The first-order chi connectivity index (χ1) is 12.7. The number of hydrogen-bond donors (Lipinski definition) is 2. The van der Waals surface area contributed by atoms with Crippen LogP contribution >= 0.6 is 23.7 Å². The molecule has 1 aliphatic rings. The summed E-state index contributed by atoms with van der Waals surface area (Å²) in [5, 5.41) is 12.8. The number of thiazole rings is 1. The molecule has 3 heterocycles. The van der Waals surface area contributed by atoms with E-state index in [-0.39, 0.29) is 24.1 Å². The van der Waals surface area contributed by atoms with Crippen molar-refractivity contribution in [3.05, 3.63) is 53.9 Å². The predicted octanol–water partition coefficient (Wildman–Crippen LogP) is 3.28. The molecule has 1 fully saturated rings. The quantitative estimate of drug-likeness (QED) is 0.696. The molecular weight excluding hydrogens is 389 g/mol. The topological polar surface area (TPSA) is 71.8 Å². The summed E-state index contributed by atoms with van der Waals surface area (Å²) in [6.45, 7) is 1.50. The molecule has 1 aliphatic heterocycles. The first-order valence-corrected chi connectivity index (χ1v) is 9.29. The Labute approximate surface area is 166 Å². The molecule has 9 heteroatoms. The van der Waals surface area contributed by atoms with Crippen LogP contribution in [0.15, 0.2) is 48.1 Å². The molecule has 3 aromatic rings. The van der Waals surface area contributed by atoms with E-state index in [9.17, 15) is 9.18 Å². The van der Waals surface area contributed by atoms with E-state index in [1.54, 1.807) is 23.0 Å². The summed E-state index contributed by atoms with van der Waals surface area (Å²) >= 11 is 1.33. The SMILES string of the molecule is Cl.O=C(Nc1nc(-c2cccc(F)c2)cs1)C1(n2cccn2)CCNCC1. The molecule has 27 heavy (non-hydrogen) atoms. The summed E-state index contributed by atoms with van der Waals surface area (Å²) in [7, 11) is 0. The fourth-order valence-electron chi connectivity index (χ4n) is 3.25. The fourth-order valence-corrected chi connectivity index (χ4v) is 3.96. The number of nitrogens with one attached hydrogen (secondary N) is 2. The lowest BCUT2D eigenvalue weighted by Crippen LogP contribution is -2.52. The van der Waals surface area contributed by atoms with Gasteiger partial charge >= 0.3 is 0 Å². The van der Waals surface area contributed by atoms with Crippen LogP contribution in [0.5, 0.6) is 0 Å². The van der Waals surface area contributed by atoms with Crippen LogP contribution in [-0.4, -0.2) is 33.8 Å². The van der Waals surface area contributed by atoms with Crippen LogP contribution in [0.3, 0.4) is 0 Å². The van der Waals surface area contributed by atoms with Gasteiger partial charge in [0, 0.05) is 23.3 Å². The van der Waals surface area contributed by atoms with Gasteiger partial charge in [-0.05, 0) is 44.1 Å². The first-order valence-electron chi connectivity index (χ1n) is 8.41. The Kier molecular flexibility index (Phi) is 5.88. The van der Waals surface area contributed by atoms with Crippen LogP contribution in [0.2, 0.25) is 0 Å². The minimum absolute atomic E-state index is 0. The average molecular weight is 408 g/mol. The second-order valence-corrected chi connectivity index (χ2v) is 7.09. The molecule has 2 aromatic heterocycles. The van der Waals surface area contributed by atoms with Crippen molar-refractivity contribution >= 4 is 34.8 Å². The summed E-state index contributed by atoms with van der Waals surface area (Å²) in [6.07, 6.45) is 4.82. The monoisotopic (exact) mass is 407 g/mol. The molecule has 0 radical (unpaired) electrons. The Balaban J connectivity index is 0.00000210. The van der Waals surface area contributed by atoms with E-state index in [0.29, 0.717) is 29.2 Å². The van der Waals surface area contributed by atoms with E-state index in [2.05, 4.69) is 20.7 Å². The molecule has 4 rings (SSSR count). The van der Waals surface area contributed by atoms with Gasteiger partial charge in [-0.15, -0.1) is 23.7 Å². The second kappa shape index (κ2) is 8.16. The molecule has 0 spiro atoms. The number of anilines is 1. The number of carbonyl (C=O) groups excluding carboxylic acids is 1. The van der Waals surface area contributed by atoms with E-state index in [1.807, 2.05) is 17.6 Å². The van der Waals surface area contributed by atoms with Crippen molar-refractivity contribution in [1.29, 1.82) is 0 Å². The highest BCUT2D eigenvalue weighted by Gasteiger charge is 2.42. The molecule has 1 amide bonds. The molecule has 1 aromatic carbocycles. The van der Waals surface area contributed by atoms with Crippen LogP contribution < -0.4 is 10.6 Å². The molecule has 1 saturated heterocycles. The minimum Gasteiger partial charge on any atom is -0.317 e. The zero-order valence-electron chi connectivity index (χ0n) is 14.4. The average Bonchev–Trinajstić information content (AvgIpc) is 3.34. The van der Waals surface area contributed by atoms with Crippen LogP contribution in [-0.2, 0) is 10.3 Å². The highest BCUT2D eigenvalue weighted by molar-refractivity contribution is 7.14. The lowest BCUT2D eigenvalue weighted by atomic mass is 9.87. The summed E-state index contributed by atoms with van der Waals surface area (Å²) < 4.78 is 15.2.